The van der Waals surface area contributed by atoms with E-state index < -0.39 is 0 Å². The summed E-state index contributed by atoms with van der Waals surface area (Å²) < 4.78 is 5.13. The lowest BCUT2D eigenvalue weighted by molar-refractivity contribution is 0.114. The van der Waals surface area contributed by atoms with Crippen molar-refractivity contribution >= 4 is 17.3 Å². The highest BCUT2D eigenvalue weighted by atomic mass is 32.1. The first kappa shape index (κ1) is 7.75. The SMILES string of the molecule is CO[C@H]1CCN(C(N)=S)C1. The van der Waals surface area contributed by atoms with Gasteiger partial charge in [-0.15, -0.1) is 0 Å². The summed E-state index contributed by atoms with van der Waals surface area (Å²) in [6.45, 7) is 1.79. The maximum absolute atomic E-state index is 5.42. The van der Waals surface area contributed by atoms with Crippen LogP contribution >= 0.6 is 12.2 Å². The summed E-state index contributed by atoms with van der Waals surface area (Å²) in [5.74, 6) is 0. The first-order valence-electron chi connectivity index (χ1n) is 3.31. The van der Waals surface area contributed by atoms with E-state index in [1.54, 1.807) is 7.11 Å². The molecule has 0 aromatic rings. The van der Waals surface area contributed by atoms with Gasteiger partial charge in [0.15, 0.2) is 5.11 Å². The summed E-state index contributed by atoms with van der Waals surface area (Å²) >= 11 is 4.80. The van der Waals surface area contributed by atoms with Crippen molar-refractivity contribution in [3.8, 4) is 0 Å². The zero-order valence-electron chi connectivity index (χ0n) is 6.04. The van der Waals surface area contributed by atoms with Crippen molar-refractivity contribution in [2.75, 3.05) is 20.2 Å². The average Bonchev–Trinajstić information content (AvgIpc) is 2.34. The van der Waals surface area contributed by atoms with Gasteiger partial charge >= 0.3 is 0 Å². The molecule has 0 bridgehead atoms. The minimum Gasteiger partial charge on any atom is -0.380 e. The second-order valence-corrected chi connectivity index (χ2v) is 2.85. The third-order valence-corrected chi connectivity index (χ3v) is 2.05. The lowest BCUT2D eigenvalue weighted by Gasteiger charge is -2.14. The van der Waals surface area contributed by atoms with Crippen LogP contribution in [-0.4, -0.2) is 36.3 Å². The Balaban J connectivity index is 2.35. The maximum atomic E-state index is 5.42. The molecule has 1 heterocycles. The van der Waals surface area contributed by atoms with Crippen LogP contribution in [0, 0.1) is 0 Å². The average molecular weight is 160 g/mol. The Labute approximate surface area is 66.1 Å². The van der Waals surface area contributed by atoms with Crippen molar-refractivity contribution in [3.05, 3.63) is 0 Å². The second kappa shape index (κ2) is 3.16. The molecule has 0 aliphatic carbocycles. The molecule has 0 saturated carbocycles. The predicted octanol–water partition coefficient (Wildman–Crippen LogP) is -0.0493. The number of likely N-dealkylation sites (tertiary alicyclic amines) is 1. The molecule has 0 amide bonds. The number of hydrogen-bond acceptors (Lipinski definition) is 2. The molecule has 10 heavy (non-hydrogen) atoms. The fourth-order valence-corrected chi connectivity index (χ4v) is 1.29. The Morgan fingerprint density at radius 3 is 2.80 bits per heavy atom. The van der Waals surface area contributed by atoms with E-state index in [0.29, 0.717) is 11.2 Å². The third kappa shape index (κ3) is 1.58. The second-order valence-electron chi connectivity index (χ2n) is 2.43. The van der Waals surface area contributed by atoms with Gasteiger partial charge in [-0.3, -0.25) is 0 Å². The van der Waals surface area contributed by atoms with Crippen LogP contribution in [0.2, 0.25) is 0 Å². The molecule has 0 aromatic carbocycles. The van der Waals surface area contributed by atoms with Crippen LogP contribution in [-0.2, 0) is 4.74 Å². The number of thiocarbonyl (C=S) groups is 1. The van der Waals surface area contributed by atoms with Crippen molar-refractivity contribution < 1.29 is 4.74 Å². The summed E-state index contributed by atoms with van der Waals surface area (Å²) in [4.78, 5) is 1.96. The summed E-state index contributed by atoms with van der Waals surface area (Å²) in [5.41, 5.74) is 5.42. The molecule has 2 N–H and O–H groups in total. The van der Waals surface area contributed by atoms with Crippen LogP contribution in [0.15, 0.2) is 0 Å². The molecule has 0 aromatic heterocycles. The predicted molar refractivity (Wildman–Crippen MR) is 43.8 cm³/mol. The molecule has 1 aliphatic rings. The molecular formula is C6H12N2OS. The zero-order chi connectivity index (χ0) is 7.56. The highest BCUT2D eigenvalue weighted by Gasteiger charge is 2.21. The van der Waals surface area contributed by atoms with Gasteiger partial charge in [0, 0.05) is 20.2 Å². The zero-order valence-corrected chi connectivity index (χ0v) is 6.86. The van der Waals surface area contributed by atoms with Crippen molar-refractivity contribution in [2.45, 2.75) is 12.5 Å². The summed E-state index contributed by atoms with van der Waals surface area (Å²) in [7, 11) is 1.72. The number of nitrogens with zero attached hydrogens (tertiary/aromatic N) is 1. The quantitative estimate of drug-likeness (QED) is 0.546. The number of methoxy groups -OCH3 is 1. The summed E-state index contributed by atoms with van der Waals surface area (Å²) in [6, 6.07) is 0. The molecule has 58 valence electrons. The number of rotatable bonds is 1. The third-order valence-electron chi connectivity index (χ3n) is 1.79. The lowest BCUT2D eigenvalue weighted by Crippen LogP contribution is -2.34. The van der Waals surface area contributed by atoms with Crippen molar-refractivity contribution in [1.82, 2.24) is 4.90 Å². The van der Waals surface area contributed by atoms with Crippen molar-refractivity contribution in [3.63, 3.8) is 0 Å². The minimum atomic E-state index is 0.321. The molecule has 1 aliphatic heterocycles. The van der Waals surface area contributed by atoms with Gasteiger partial charge < -0.3 is 15.4 Å². The van der Waals surface area contributed by atoms with Crippen LogP contribution in [0.3, 0.4) is 0 Å². The van der Waals surface area contributed by atoms with Gasteiger partial charge in [-0.05, 0) is 18.6 Å². The van der Waals surface area contributed by atoms with E-state index in [-0.39, 0.29) is 0 Å². The Kier molecular flexibility index (Phi) is 2.45. The van der Waals surface area contributed by atoms with E-state index in [1.165, 1.54) is 0 Å². The highest BCUT2D eigenvalue weighted by molar-refractivity contribution is 7.80. The monoisotopic (exact) mass is 160 g/mol. The van der Waals surface area contributed by atoms with E-state index in [2.05, 4.69) is 0 Å². The van der Waals surface area contributed by atoms with Crippen molar-refractivity contribution in [1.29, 1.82) is 0 Å². The minimum absolute atomic E-state index is 0.321. The number of ether oxygens (including phenoxy) is 1. The summed E-state index contributed by atoms with van der Waals surface area (Å²) in [5, 5.41) is 0.486. The molecular weight excluding hydrogens is 148 g/mol. The molecule has 3 nitrogen and oxygen atoms in total. The summed E-state index contributed by atoms with van der Waals surface area (Å²) in [6.07, 6.45) is 1.36. The molecule has 1 atom stereocenters. The smallest absolute Gasteiger partial charge is 0.166 e. The van der Waals surface area contributed by atoms with Gasteiger partial charge in [-0.25, -0.2) is 0 Å². The van der Waals surface area contributed by atoms with E-state index >= 15 is 0 Å². The molecule has 4 heteroatoms. The van der Waals surface area contributed by atoms with Gasteiger partial charge in [0.2, 0.25) is 0 Å². The van der Waals surface area contributed by atoms with Crippen LogP contribution in [0.4, 0.5) is 0 Å². The lowest BCUT2D eigenvalue weighted by atomic mass is 10.3. The van der Waals surface area contributed by atoms with Crippen molar-refractivity contribution in [2.24, 2.45) is 5.73 Å². The Hall–Kier alpha value is -0.350. The maximum Gasteiger partial charge on any atom is 0.166 e. The fraction of sp³-hybridized carbons (Fsp3) is 0.833. The van der Waals surface area contributed by atoms with E-state index in [4.69, 9.17) is 22.7 Å². The number of hydrogen-bond donors (Lipinski definition) is 1. The molecule has 1 rings (SSSR count). The van der Waals surface area contributed by atoms with Gasteiger partial charge in [0.1, 0.15) is 0 Å². The van der Waals surface area contributed by atoms with Crippen LogP contribution < -0.4 is 5.73 Å². The fourth-order valence-electron chi connectivity index (χ4n) is 1.12. The van der Waals surface area contributed by atoms with Gasteiger partial charge in [0.05, 0.1) is 6.10 Å². The Bertz CT molecular complexity index is 140. The molecule has 0 unspecified atom stereocenters. The van der Waals surface area contributed by atoms with Gasteiger partial charge in [-0.1, -0.05) is 0 Å². The van der Waals surface area contributed by atoms with Crippen LogP contribution in [0.25, 0.3) is 0 Å². The molecule has 0 spiro atoms. The van der Waals surface area contributed by atoms with Gasteiger partial charge in [0.25, 0.3) is 0 Å². The number of nitrogens with two attached hydrogens (primary N) is 1. The largest absolute Gasteiger partial charge is 0.380 e. The first-order valence-corrected chi connectivity index (χ1v) is 3.72. The Morgan fingerprint density at radius 1 is 1.80 bits per heavy atom. The van der Waals surface area contributed by atoms with Crippen LogP contribution in [0.1, 0.15) is 6.42 Å². The van der Waals surface area contributed by atoms with Crippen LogP contribution in [0.5, 0.6) is 0 Å². The van der Waals surface area contributed by atoms with E-state index in [0.717, 1.165) is 19.5 Å². The standard InChI is InChI=1S/C6H12N2OS/c1-9-5-2-3-8(4-5)6(7)10/h5H,2-4H2,1H3,(H2,7,10)/t5-/m0/s1. The molecule has 1 fully saturated rings. The highest BCUT2D eigenvalue weighted by Crippen LogP contribution is 2.10. The molecule has 0 radical (unpaired) electrons. The van der Waals surface area contributed by atoms with Gasteiger partial charge in [-0.2, -0.15) is 0 Å². The van der Waals surface area contributed by atoms with E-state index in [1.807, 2.05) is 4.90 Å². The van der Waals surface area contributed by atoms with E-state index in [9.17, 15) is 0 Å². The molecule has 1 saturated heterocycles. The Morgan fingerprint density at radius 2 is 2.50 bits per heavy atom. The topological polar surface area (TPSA) is 38.5 Å². The first-order chi connectivity index (χ1) is 4.74. The normalized spacial score (nSPS) is 25.3.